The number of nitrogens with one attached hydrogen (secondary N) is 1. The summed E-state index contributed by atoms with van der Waals surface area (Å²) in [5.74, 6) is 1.79. The van der Waals surface area contributed by atoms with Crippen LogP contribution in [0.3, 0.4) is 0 Å². The van der Waals surface area contributed by atoms with Crippen molar-refractivity contribution in [2.24, 2.45) is 4.99 Å². The summed E-state index contributed by atoms with van der Waals surface area (Å²) >= 11 is 0. The first-order valence-electron chi connectivity index (χ1n) is 9.08. The number of rotatable bonds is 7. The lowest BCUT2D eigenvalue weighted by atomic mass is 10.2. The van der Waals surface area contributed by atoms with Crippen LogP contribution in [0, 0.1) is 0 Å². The molecular formula is C21H27N3O2. The average molecular weight is 353 g/mol. The molecule has 0 spiro atoms. The van der Waals surface area contributed by atoms with Gasteiger partial charge < -0.3 is 19.7 Å². The zero-order valence-electron chi connectivity index (χ0n) is 15.6. The highest BCUT2D eigenvalue weighted by Gasteiger charge is 2.22. The highest BCUT2D eigenvalue weighted by molar-refractivity contribution is 5.97. The van der Waals surface area contributed by atoms with Crippen molar-refractivity contribution in [1.82, 2.24) is 5.32 Å². The molecule has 1 heterocycles. The van der Waals surface area contributed by atoms with E-state index in [1.54, 1.807) is 7.11 Å². The molecule has 0 amide bonds. The lowest BCUT2D eigenvalue weighted by Crippen LogP contribution is -2.40. The Morgan fingerprint density at radius 2 is 2.04 bits per heavy atom. The zero-order chi connectivity index (χ0) is 18.2. The summed E-state index contributed by atoms with van der Waals surface area (Å²) in [7, 11) is 3.54. The zero-order valence-corrected chi connectivity index (χ0v) is 15.6. The Bertz CT molecular complexity index is 746. The molecule has 2 aromatic carbocycles. The molecule has 0 bridgehead atoms. The van der Waals surface area contributed by atoms with Crippen molar-refractivity contribution in [3.8, 4) is 5.75 Å². The van der Waals surface area contributed by atoms with Gasteiger partial charge in [-0.15, -0.1) is 0 Å². The van der Waals surface area contributed by atoms with Gasteiger partial charge in [0.15, 0.2) is 5.96 Å². The maximum Gasteiger partial charge on any atom is 0.198 e. The van der Waals surface area contributed by atoms with Crippen LogP contribution >= 0.6 is 0 Å². The Morgan fingerprint density at radius 3 is 2.88 bits per heavy atom. The van der Waals surface area contributed by atoms with Gasteiger partial charge in [-0.05, 0) is 35.7 Å². The summed E-state index contributed by atoms with van der Waals surface area (Å²) in [6.45, 7) is 3.05. The number of aliphatic imine (C=N–C) groups is 1. The molecule has 26 heavy (non-hydrogen) atoms. The van der Waals surface area contributed by atoms with Crippen molar-refractivity contribution in [2.75, 3.05) is 38.8 Å². The minimum atomic E-state index is 0.664. The van der Waals surface area contributed by atoms with Gasteiger partial charge in [0.1, 0.15) is 5.75 Å². The molecule has 1 aliphatic heterocycles. The van der Waals surface area contributed by atoms with Crippen LogP contribution in [0.5, 0.6) is 5.75 Å². The van der Waals surface area contributed by atoms with Crippen LogP contribution in [0.15, 0.2) is 53.5 Å². The molecule has 2 aromatic rings. The SMILES string of the molecule is CN=C(NCc1cccc(OCCCOC)c1)N1CCc2ccccc21. The van der Waals surface area contributed by atoms with Crippen molar-refractivity contribution < 1.29 is 9.47 Å². The van der Waals surface area contributed by atoms with Crippen molar-refractivity contribution in [3.05, 3.63) is 59.7 Å². The molecule has 0 saturated carbocycles. The third-order valence-corrected chi connectivity index (χ3v) is 4.47. The fourth-order valence-electron chi connectivity index (χ4n) is 3.17. The van der Waals surface area contributed by atoms with Gasteiger partial charge >= 0.3 is 0 Å². The minimum absolute atomic E-state index is 0.664. The average Bonchev–Trinajstić information content (AvgIpc) is 3.10. The van der Waals surface area contributed by atoms with E-state index in [1.165, 1.54) is 16.8 Å². The fourth-order valence-corrected chi connectivity index (χ4v) is 3.17. The Kier molecular flexibility index (Phi) is 6.50. The second-order valence-corrected chi connectivity index (χ2v) is 6.27. The van der Waals surface area contributed by atoms with E-state index in [0.29, 0.717) is 13.2 Å². The van der Waals surface area contributed by atoms with Gasteiger partial charge in [0.05, 0.1) is 6.61 Å². The first kappa shape index (κ1) is 18.3. The van der Waals surface area contributed by atoms with Crippen LogP contribution in [0.25, 0.3) is 0 Å². The van der Waals surface area contributed by atoms with Crippen LogP contribution in [0.1, 0.15) is 17.5 Å². The topological polar surface area (TPSA) is 46.1 Å². The third kappa shape index (κ3) is 4.55. The molecule has 3 rings (SSSR count). The van der Waals surface area contributed by atoms with Crippen LogP contribution in [0.2, 0.25) is 0 Å². The molecule has 1 N–H and O–H groups in total. The number of nitrogens with zero attached hydrogens (tertiary/aromatic N) is 2. The number of guanidine groups is 1. The van der Waals surface area contributed by atoms with Crippen LogP contribution in [-0.2, 0) is 17.7 Å². The van der Waals surface area contributed by atoms with Gasteiger partial charge in [-0.1, -0.05) is 30.3 Å². The number of hydrogen-bond acceptors (Lipinski definition) is 3. The standard InChI is InChI=1S/C21H27N3O2/c1-22-21(24-12-11-18-8-3-4-10-20(18)24)23-16-17-7-5-9-19(15-17)26-14-6-13-25-2/h3-5,7-10,15H,6,11-14,16H2,1-2H3,(H,22,23). The number of benzene rings is 2. The predicted molar refractivity (Wildman–Crippen MR) is 106 cm³/mol. The maximum absolute atomic E-state index is 5.78. The first-order chi connectivity index (χ1) is 12.8. The molecule has 0 radical (unpaired) electrons. The highest BCUT2D eigenvalue weighted by atomic mass is 16.5. The molecule has 5 nitrogen and oxygen atoms in total. The summed E-state index contributed by atoms with van der Waals surface area (Å²) in [5.41, 5.74) is 3.79. The van der Waals surface area contributed by atoms with E-state index in [2.05, 4.69) is 51.6 Å². The highest BCUT2D eigenvalue weighted by Crippen LogP contribution is 2.27. The van der Waals surface area contributed by atoms with Gasteiger partial charge in [0.2, 0.25) is 0 Å². The number of anilines is 1. The fraction of sp³-hybridized carbons (Fsp3) is 0.381. The van der Waals surface area contributed by atoms with Gasteiger partial charge in [-0.3, -0.25) is 4.99 Å². The van der Waals surface area contributed by atoms with Crippen LogP contribution in [-0.4, -0.2) is 39.9 Å². The number of ether oxygens (including phenoxy) is 2. The van der Waals surface area contributed by atoms with Crippen LogP contribution < -0.4 is 15.0 Å². The van der Waals surface area contributed by atoms with E-state index >= 15 is 0 Å². The molecule has 0 fully saturated rings. The summed E-state index contributed by atoms with van der Waals surface area (Å²) in [5, 5.41) is 3.47. The maximum atomic E-state index is 5.78. The van der Waals surface area contributed by atoms with E-state index in [-0.39, 0.29) is 0 Å². The number of hydrogen-bond donors (Lipinski definition) is 1. The quantitative estimate of drug-likeness (QED) is 0.472. The lowest BCUT2D eigenvalue weighted by molar-refractivity contribution is 0.172. The monoisotopic (exact) mass is 353 g/mol. The minimum Gasteiger partial charge on any atom is -0.493 e. The molecule has 138 valence electrons. The van der Waals surface area contributed by atoms with Crippen molar-refractivity contribution >= 4 is 11.6 Å². The Labute approximate surface area is 155 Å². The van der Waals surface area contributed by atoms with E-state index < -0.39 is 0 Å². The van der Waals surface area contributed by atoms with Gasteiger partial charge in [0, 0.05) is 46.0 Å². The summed E-state index contributed by atoms with van der Waals surface area (Å²) in [6, 6.07) is 16.7. The van der Waals surface area contributed by atoms with E-state index in [9.17, 15) is 0 Å². The van der Waals surface area contributed by atoms with E-state index in [4.69, 9.17) is 9.47 Å². The smallest absolute Gasteiger partial charge is 0.198 e. The largest absolute Gasteiger partial charge is 0.493 e. The van der Waals surface area contributed by atoms with Crippen molar-refractivity contribution in [1.29, 1.82) is 0 Å². The summed E-state index contributed by atoms with van der Waals surface area (Å²) < 4.78 is 10.8. The molecule has 0 unspecified atom stereocenters. The second-order valence-electron chi connectivity index (χ2n) is 6.27. The normalized spacial score (nSPS) is 13.6. The molecule has 1 aliphatic rings. The first-order valence-corrected chi connectivity index (χ1v) is 9.08. The lowest BCUT2D eigenvalue weighted by Gasteiger charge is -2.22. The summed E-state index contributed by atoms with van der Waals surface area (Å²) in [6.07, 6.45) is 1.95. The van der Waals surface area contributed by atoms with Crippen LogP contribution in [0.4, 0.5) is 5.69 Å². The van der Waals surface area contributed by atoms with Gasteiger partial charge in [0.25, 0.3) is 0 Å². The van der Waals surface area contributed by atoms with Gasteiger partial charge in [-0.2, -0.15) is 0 Å². The Morgan fingerprint density at radius 1 is 1.15 bits per heavy atom. The molecule has 0 saturated heterocycles. The molecule has 0 aromatic heterocycles. The van der Waals surface area contributed by atoms with Crippen molar-refractivity contribution in [2.45, 2.75) is 19.4 Å². The number of methoxy groups -OCH3 is 1. The Balaban J connectivity index is 1.58. The third-order valence-electron chi connectivity index (χ3n) is 4.47. The van der Waals surface area contributed by atoms with E-state index in [0.717, 1.165) is 37.7 Å². The molecule has 0 atom stereocenters. The molecule has 5 heteroatoms. The summed E-state index contributed by atoms with van der Waals surface area (Å²) in [4.78, 5) is 6.71. The van der Waals surface area contributed by atoms with E-state index in [1.807, 2.05) is 19.2 Å². The number of para-hydroxylation sites is 1. The van der Waals surface area contributed by atoms with Gasteiger partial charge in [-0.25, -0.2) is 0 Å². The molecular weight excluding hydrogens is 326 g/mol. The Hall–Kier alpha value is -2.53. The second kappa shape index (κ2) is 9.25. The van der Waals surface area contributed by atoms with Crippen molar-refractivity contribution in [3.63, 3.8) is 0 Å². The number of fused-ring (bicyclic) bond motifs is 1. The molecule has 0 aliphatic carbocycles. The predicted octanol–water partition coefficient (Wildman–Crippen LogP) is 3.24.